The van der Waals surface area contributed by atoms with Crippen LogP contribution in [-0.2, 0) is 0 Å². The SMILES string of the molecule is CC(C)C(CBr)NC(=O)c1cccc(F)c1Br. The molecule has 0 aliphatic rings. The number of amides is 1. The third-order valence-corrected chi connectivity index (χ3v) is 3.99. The highest BCUT2D eigenvalue weighted by Gasteiger charge is 2.18. The van der Waals surface area contributed by atoms with Crippen LogP contribution < -0.4 is 5.32 Å². The third kappa shape index (κ3) is 3.78. The van der Waals surface area contributed by atoms with Crippen molar-refractivity contribution in [1.82, 2.24) is 5.32 Å². The van der Waals surface area contributed by atoms with E-state index in [4.69, 9.17) is 0 Å². The molecule has 2 nitrogen and oxygen atoms in total. The first-order chi connectivity index (χ1) is 7.97. The van der Waals surface area contributed by atoms with E-state index in [0.717, 1.165) is 0 Å². The summed E-state index contributed by atoms with van der Waals surface area (Å²) in [6.45, 7) is 4.04. The Kier molecular flexibility index (Phi) is 5.59. The van der Waals surface area contributed by atoms with Crippen LogP contribution in [0.4, 0.5) is 4.39 Å². The molecule has 1 rings (SSSR count). The molecule has 0 saturated heterocycles. The zero-order chi connectivity index (χ0) is 13.0. The van der Waals surface area contributed by atoms with E-state index in [1.807, 2.05) is 13.8 Å². The summed E-state index contributed by atoms with van der Waals surface area (Å²) < 4.78 is 13.5. The van der Waals surface area contributed by atoms with Gasteiger partial charge < -0.3 is 5.32 Å². The maximum atomic E-state index is 13.3. The predicted molar refractivity (Wildman–Crippen MR) is 74.0 cm³/mol. The lowest BCUT2D eigenvalue weighted by Crippen LogP contribution is -2.39. The van der Waals surface area contributed by atoms with Crippen LogP contribution in [0, 0.1) is 11.7 Å². The number of carbonyl (C=O) groups excluding carboxylic acids is 1. The van der Waals surface area contributed by atoms with Gasteiger partial charge in [0.25, 0.3) is 5.91 Å². The van der Waals surface area contributed by atoms with Crippen LogP contribution in [0.15, 0.2) is 22.7 Å². The van der Waals surface area contributed by atoms with E-state index in [1.165, 1.54) is 12.1 Å². The van der Waals surface area contributed by atoms with Gasteiger partial charge in [-0.25, -0.2) is 4.39 Å². The number of halogens is 3. The topological polar surface area (TPSA) is 29.1 Å². The van der Waals surface area contributed by atoms with Crippen LogP contribution >= 0.6 is 31.9 Å². The quantitative estimate of drug-likeness (QED) is 0.808. The molecule has 0 aliphatic heterocycles. The largest absolute Gasteiger partial charge is 0.348 e. The fourth-order valence-corrected chi connectivity index (χ4v) is 2.66. The lowest BCUT2D eigenvalue weighted by Gasteiger charge is -2.20. The lowest BCUT2D eigenvalue weighted by molar-refractivity contribution is 0.0930. The van der Waals surface area contributed by atoms with Crippen LogP contribution in [0.25, 0.3) is 0 Å². The number of hydrogen-bond acceptors (Lipinski definition) is 1. The molecule has 5 heteroatoms. The van der Waals surface area contributed by atoms with E-state index < -0.39 is 5.82 Å². The first kappa shape index (κ1) is 14.6. The van der Waals surface area contributed by atoms with Gasteiger partial charge in [-0.3, -0.25) is 4.79 Å². The van der Waals surface area contributed by atoms with Gasteiger partial charge in [0.2, 0.25) is 0 Å². The van der Waals surface area contributed by atoms with E-state index in [9.17, 15) is 9.18 Å². The highest BCUT2D eigenvalue weighted by Crippen LogP contribution is 2.20. The maximum absolute atomic E-state index is 13.3. The Morgan fingerprint density at radius 2 is 2.12 bits per heavy atom. The van der Waals surface area contributed by atoms with Gasteiger partial charge in [0.05, 0.1) is 10.0 Å². The number of benzene rings is 1. The van der Waals surface area contributed by atoms with Crippen LogP contribution in [-0.4, -0.2) is 17.3 Å². The smallest absolute Gasteiger partial charge is 0.252 e. The van der Waals surface area contributed by atoms with Gasteiger partial charge in [-0.2, -0.15) is 0 Å². The van der Waals surface area contributed by atoms with Crippen molar-refractivity contribution in [2.45, 2.75) is 19.9 Å². The summed E-state index contributed by atoms with van der Waals surface area (Å²) in [6, 6.07) is 4.45. The average molecular weight is 367 g/mol. The Morgan fingerprint density at radius 3 is 2.65 bits per heavy atom. The molecule has 17 heavy (non-hydrogen) atoms. The van der Waals surface area contributed by atoms with Crippen molar-refractivity contribution in [3.8, 4) is 0 Å². The maximum Gasteiger partial charge on any atom is 0.252 e. The van der Waals surface area contributed by atoms with Crippen molar-refractivity contribution in [1.29, 1.82) is 0 Å². The van der Waals surface area contributed by atoms with E-state index in [1.54, 1.807) is 6.07 Å². The van der Waals surface area contributed by atoms with Gasteiger partial charge in [-0.1, -0.05) is 35.8 Å². The minimum absolute atomic E-state index is 0.0256. The molecule has 0 spiro atoms. The van der Waals surface area contributed by atoms with Crippen LogP contribution in [0.2, 0.25) is 0 Å². The van der Waals surface area contributed by atoms with Gasteiger partial charge in [0.1, 0.15) is 5.82 Å². The summed E-state index contributed by atoms with van der Waals surface area (Å²) in [6.07, 6.45) is 0. The van der Waals surface area contributed by atoms with Gasteiger partial charge in [0.15, 0.2) is 0 Å². The second-order valence-corrected chi connectivity index (χ2v) is 5.52. The second-order valence-electron chi connectivity index (χ2n) is 4.08. The first-order valence-corrected chi connectivity index (χ1v) is 7.19. The number of alkyl halides is 1. The molecule has 1 N–H and O–H groups in total. The molecule has 0 radical (unpaired) electrons. The van der Waals surface area contributed by atoms with E-state index >= 15 is 0 Å². The second kappa shape index (κ2) is 6.50. The third-order valence-electron chi connectivity index (χ3n) is 2.48. The fourth-order valence-electron chi connectivity index (χ4n) is 1.31. The summed E-state index contributed by atoms with van der Waals surface area (Å²) in [5, 5.41) is 3.54. The van der Waals surface area contributed by atoms with Crippen LogP contribution in [0.3, 0.4) is 0 Å². The Morgan fingerprint density at radius 1 is 1.47 bits per heavy atom. The summed E-state index contributed by atoms with van der Waals surface area (Å²) in [4.78, 5) is 12.0. The van der Waals surface area contributed by atoms with Crippen molar-refractivity contribution in [2.75, 3.05) is 5.33 Å². The van der Waals surface area contributed by atoms with Gasteiger partial charge >= 0.3 is 0 Å². The van der Waals surface area contributed by atoms with E-state index in [-0.39, 0.29) is 16.4 Å². The number of rotatable bonds is 4. The van der Waals surface area contributed by atoms with Crippen LogP contribution in [0.1, 0.15) is 24.2 Å². The van der Waals surface area contributed by atoms with Crippen molar-refractivity contribution >= 4 is 37.8 Å². The molecule has 0 aliphatic carbocycles. The zero-order valence-electron chi connectivity index (χ0n) is 9.64. The highest BCUT2D eigenvalue weighted by atomic mass is 79.9. The molecule has 1 amide bonds. The molecule has 0 saturated carbocycles. The van der Waals surface area contributed by atoms with E-state index in [0.29, 0.717) is 16.8 Å². The molecule has 1 atom stereocenters. The van der Waals surface area contributed by atoms with Crippen molar-refractivity contribution in [3.63, 3.8) is 0 Å². The molecule has 1 aromatic rings. The zero-order valence-corrected chi connectivity index (χ0v) is 12.8. The average Bonchev–Trinajstić information content (AvgIpc) is 2.28. The standard InChI is InChI=1S/C12H14Br2FNO/c1-7(2)10(6-13)16-12(17)8-4-3-5-9(15)11(8)14/h3-5,7,10H,6H2,1-2H3,(H,16,17). The van der Waals surface area contributed by atoms with Gasteiger partial charge in [-0.05, 0) is 34.0 Å². The number of hydrogen-bond donors (Lipinski definition) is 1. The Balaban J connectivity index is 2.86. The first-order valence-electron chi connectivity index (χ1n) is 5.28. The minimum atomic E-state index is -0.433. The number of nitrogens with one attached hydrogen (secondary N) is 1. The molecule has 1 unspecified atom stereocenters. The normalized spacial score (nSPS) is 12.6. The molecule has 0 aromatic heterocycles. The van der Waals surface area contributed by atoms with Gasteiger partial charge in [-0.15, -0.1) is 0 Å². The molecule has 94 valence electrons. The molecule has 0 heterocycles. The lowest BCUT2D eigenvalue weighted by atomic mass is 10.1. The number of carbonyl (C=O) groups is 1. The molecule has 0 bridgehead atoms. The molecule has 1 aromatic carbocycles. The minimum Gasteiger partial charge on any atom is -0.348 e. The summed E-state index contributed by atoms with van der Waals surface area (Å²) in [7, 11) is 0. The summed E-state index contributed by atoms with van der Waals surface area (Å²) in [5.74, 6) is -0.391. The predicted octanol–water partition coefficient (Wildman–Crippen LogP) is 3.74. The Labute approximate surface area is 117 Å². The monoisotopic (exact) mass is 365 g/mol. The van der Waals surface area contributed by atoms with Crippen molar-refractivity contribution in [2.24, 2.45) is 5.92 Å². The summed E-state index contributed by atoms with van der Waals surface area (Å²) in [5.41, 5.74) is 0.316. The van der Waals surface area contributed by atoms with Crippen molar-refractivity contribution in [3.05, 3.63) is 34.1 Å². The summed E-state index contributed by atoms with van der Waals surface area (Å²) >= 11 is 6.43. The highest BCUT2D eigenvalue weighted by molar-refractivity contribution is 9.10. The van der Waals surface area contributed by atoms with Gasteiger partial charge in [0, 0.05) is 11.4 Å². The molecular formula is C12H14Br2FNO. The van der Waals surface area contributed by atoms with E-state index in [2.05, 4.69) is 37.2 Å². The van der Waals surface area contributed by atoms with Crippen LogP contribution in [0.5, 0.6) is 0 Å². The molecular weight excluding hydrogens is 353 g/mol. The Bertz CT molecular complexity index is 409. The fraction of sp³-hybridized carbons (Fsp3) is 0.417. The Hall–Kier alpha value is -0.420. The molecule has 0 fully saturated rings. The van der Waals surface area contributed by atoms with Crippen molar-refractivity contribution < 1.29 is 9.18 Å².